The van der Waals surface area contributed by atoms with E-state index in [0.29, 0.717) is 36.5 Å². The van der Waals surface area contributed by atoms with Crippen molar-refractivity contribution in [3.05, 3.63) is 92.4 Å². The number of H-pyrrole nitrogens is 1. The van der Waals surface area contributed by atoms with Gasteiger partial charge in [-0.05, 0) is 35.4 Å². The highest BCUT2D eigenvalue weighted by Crippen LogP contribution is 2.20. The van der Waals surface area contributed by atoms with E-state index in [1.165, 1.54) is 10.1 Å². The summed E-state index contributed by atoms with van der Waals surface area (Å²) in [5.74, 6) is 0.953. The summed E-state index contributed by atoms with van der Waals surface area (Å²) in [7, 11) is 0. The van der Waals surface area contributed by atoms with Crippen LogP contribution in [-0.2, 0) is 30.7 Å². The van der Waals surface area contributed by atoms with Gasteiger partial charge in [0.2, 0.25) is 5.91 Å². The number of nitrogens with one attached hydrogen (secondary N) is 2. The summed E-state index contributed by atoms with van der Waals surface area (Å²) < 4.78 is 3.40. The number of para-hydroxylation sites is 1. The Balaban J connectivity index is 1.58. The predicted octanol–water partition coefficient (Wildman–Crippen LogP) is 4.36. The van der Waals surface area contributed by atoms with Crippen molar-refractivity contribution in [1.82, 2.24) is 19.1 Å². The first kappa shape index (κ1) is 26.1. The number of aryl methyl sites for hydroxylation is 1. The van der Waals surface area contributed by atoms with Gasteiger partial charge in [-0.3, -0.25) is 19.1 Å². The van der Waals surface area contributed by atoms with Gasteiger partial charge in [0.1, 0.15) is 5.82 Å². The quantitative estimate of drug-likeness (QED) is 0.337. The maximum atomic E-state index is 13.0. The van der Waals surface area contributed by atoms with Gasteiger partial charge < -0.3 is 9.88 Å². The molecule has 0 aliphatic heterocycles. The Morgan fingerprint density at radius 2 is 1.57 bits per heavy atom. The molecule has 2 N–H and O–H groups in total. The van der Waals surface area contributed by atoms with Gasteiger partial charge in [0.15, 0.2) is 11.2 Å². The number of hydrogen-bond donors (Lipinski definition) is 2. The van der Waals surface area contributed by atoms with Crippen LogP contribution in [0.2, 0.25) is 0 Å². The first-order valence-corrected chi connectivity index (χ1v) is 12.9. The molecule has 2 heterocycles. The SMILES string of the molecule is CC(C)Cn1c(CCC(=O)Nc2ccccc2Cc2ccccc2)nc2c1c(=O)[nH]c(=O)n2CC(C)C. The lowest BCUT2D eigenvalue weighted by Crippen LogP contribution is -2.32. The first-order valence-electron chi connectivity index (χ1n) is 12.9. The Morgan fingerprint density at radius 3 is 2.27 bits per heavy atom. The van der Waals surface area contributed by atoms with Crippen molar-refractivity contribution >= 4 is 22.8 Å². The molecule has 4 aromatic rings. The summed E-state index contributed by atoms with van der Waals surface area (Å²) in [6.45, 7) is 9.15. The Kier molecular flexibility index (Phi) is 8.06. The van der Waals surface area contributed by atoms with Crippen LogP contribution in [0.25, 0.3) is 11.2 Å². The lowest BCUT2D eigenvalue weighted by molar-refractivity contribution is -0.116. The van der Waals surface area contributed by atoms with Crippen LogP contribution in [0.5, 0.6) is 0 Å². The molecule has 0 unspecified atom stereocenters. The molecule has 8 nitrogen and oxygen atoms in total. The smallest absolute Gasteiger partial charge is 0.326 e. The zero-order valence-electron chi connectivity index (χ0n) is 22.0. The number of amides is 1. The number of aromatic nitrogens is 4. The molecule has 0 aliphatic carbocycles. The average Bonchev–Trinajstić information content (AvgIpc) is 3.20. The third kappa shape index (κ3) is 6.25. The molecule has 0 atom stereocenters. The van der Waals surface area contributed by atoms with Crippen molar-refractivity contribution in [2.45, 2.75) is 60.0 Å². The van der Waals surface area contributed by atoms with Crippen molar-refractivity contribution in [1.29, 1.82) is 0 Å². The highest BCUT2D eigenvalue weighted by atomic mass is 16.2. The maximum absolute atomic E-state index is 13.0. The van der Waals surface area contributed by atoms with Gasteiger partial charge in [-0.2, -0.15) is 0 Å². The number of hydrogen-bond acceptors (Lipinski definition) is 4. The number of aromatic amines is 1. The molecule has 2 aromatic heterocycles. The summed E-state index contributed by atoms with van der Waals surface area (Å²) in [4.78, 5) is 45.5. The van der Waals surface area contributed by atoms with E-state index in [2.05, 4.69) is 36.3 Å². The number of nitrogens with zero attached hydrogens (tertiary/aromatic N) is 3. The number of rotatable bonds is 10. The number of fused-ring (bicyclic) bond motifs is 1. The summed E-state index contributed by atoms with van der Waals surface area (Å²) in [5, 5.41) is 3.05. The topological polar surface area (TPSA) is 102 Å². The molecule has 2 aromatic carbocycles. The van der Waals surface area contributed by atoms with Crippen LogP contribution in [-0.4, -0.2) is 25.0 Å². The fourth-order valence-corrected chi connectivity index (χ4v) is 4.56. The summed E-state index contributed by atoms with van der Waals surface area (Å²) in [5.41, 5.74) is 2.86. The number of carbonyl (C=O) groups is 1. The summed E-state index contributed by atoms with van der Waals surface area (Å²) in [6, 6.07) is 17.9. The second-order valence-electron chi connectivity index (χ2n) is 10.3. The average molecular weight is 502 g/mol. The van der Waals surface area contributed by atoms with Crippen LogP contribution in [0.1, 0.15) is 51.1 Å². The van der Waals surface area contributed by atoms with Crippen molar-refractivity contribution in [2.75, 3.05) is 5.32 Å². The van der Waals surface area contributed by atoms with E-state index in [-0.39, 0.29) is 24.2 Å². The Morgan fingerprint density at radius 1 is 0.919 bits per heavy atom. The molecule has 0 spiro atoms. The molecular weight excluding hydrogens is 466 g/mol. The van der Waals surface area contributed by atoms with Gasteiger partial charge in [0, 0.05) is 31.6 Å². The molecule has 194 valence electrons. The van der Waals surface area contributed by atoms with E-state index >= 15 is 0 Å². The molecule has 0 fully saturated rings. The lowest BCUT2D eigenvalue weighted by Gasteiger charge is -2.13. The molecule has 0 saturated heterocycles. The summed E-state index contributed by atoms with van der Waals surface area (Å²) >= 11 is 0. The Bertz CT molecular complexity index is 1500. The monoisotopic (exact) mass is 501 g/mol. The van der Waals surface area contributed by atoms with E-state index in [1.807, 2.05) is 60.9 Å². The van der Waals surface area contributed by atoms with Crippen LogP contribution < -0.4 is 16.6 Å². The van der Waals surface area contributed by atoms with Crippen molar-refractivity contribution < 1.29 is 4.79 Å². The highest BCUT2D eigenvalue weighted by molar-refractivity contribution is 5.91. The molecular formula is C29H35N5O3. The zero-order valence-corrected chi connectivity index (χ0v) is 22.0. The minimum absolute atomic E-state index is 0.128. The van der Waals surface area contributed by atoms with Gasteiger partial charge in [-0.1, -0.05) is 76.2 Å². The van der Waals surface area contributed by atoms with Crippen molar-refractivity contribution in [2.24, 2.45) is 11.8 Å². The number of benzene rings is 2. The molecule has 0 radical (unpaired) electrons. The summed E-state index contributed by atoms with van der Waals surface area (Å²) in [6.07, 6.45) is 1.27. The van der Waals surface area contributed by atoms with Crippen LogP contribution in [0.15, 0.2) is 64.2 Å². The third-order valence-electron chi connectivity index (χ3n) is 6.16. The minimum atomic E-state index is -0.459. The maximum Gasteiger partial charge on any atom is 0.330 e. The van der Waals surface area contributed by atoms with E-state index in [9.17, 15) is 14.4 Å². The van der Waals surface area contributed by atoms with Crippen LogP contribution in [0.3, 0.4) is 0 Å². The molecule has 8 heteroatoms. The second-order valence-corrected chi connectivity index (χ2v) is 10.3. The highest BCUT2D eigenvalue weighted by Gasteiger charge is 2.20. The fraction of sp³-hybridized carbons (Fsp3) is 0.379. The van der Waals surface area contributed by atoms with E-state index in [4.69, 9.17) is 4.98 Å². The zero-order chi connectivity index (χ0) is 26.5. The minimum Gasteiger partial charge on any atom is -0.326 e. The molecule has 0 bridgehead atoms. The largest absolute Gasteiger partial charge is 0.330 e. The normalized spacial score (nSPS) is 11.5. The molecule has 37 heavy (non-hydrogen) atoms. The third-order valence-corrected chi connectivity index (χ3v) is 6.16. The number of imidazole rings is 1. The van der Waals surface area contributed by atoms with Gasteiger partial charge in [0.05, 0.1) is 0 Å². The number of carbonyl (C=O) groups excluding carboxylic acids is 1. The lowest BCUT2D eigenvalue weighted by atomic mass is 10.0. The second kappa shape index (κ2) is 11.4. The van der Waals surface area contributed by atoms with E-state index in [1.54, 1.807) is 0 Å². The van der Waals surface area contributed by atoms with Gasteiger partial charge >= 0.3 is 5.69 Å². The molecule has 0 aliphatic rings. The molecule has 0 saturated carbocycles. The fourth-order valence-electron chi connectivity index (χ4n) is 4.56. The molecule has 4 rings (SSSR count). The van der Waals surface area contributed by atoms with E-state index in [0.717, 1.165) is 17.7 Å². The van der Waals surface area contributed by atoms with Gasteiger partial charge in [-0.25, -0.2) is 9.78 Å². The van der Waals surface area contributed by atoms with Crippen LogP contribution in [0, 0.1) is 11.8 Å². The molecule has 1 amide bonds. The van der Waals surface area contributed by atoms with E-state index < -0.39 is 11.2 Å². The van der Waals surface area contributed by atoms with Crippen molar-refractivity contribution in [3.63, 3.8) is 0 Å². The van der Waals surface area contributed by atoms with Crippen LogP contribution in [0.4, 0.5) is 5.69 Å². The Hall–Kier alpha value is -3.94. The van der Waals surface area contributed by atoms with Crippen LogP contribution >= 0.6 is 0 Å². The Labute approximate surface area is 216 Å². The van der Waals surface area contributed by atoms with Gasteiger partial charge in [-0.15, -0.1) is 0 Å². The van der Waals surface area contributed by atoms with Gasteiger partial charge in [0.25, 0.3) is 5.56 Å². The van der Waals surface area contributed by atoms with Crippen molar-refractivity contribution in [3.8, 4) is 0 Å². The predicted molar refractivity (Wildman–Crippen MR) is 147 cm³/mol. The standard InChI is InChI=1S/C29H35N5O3/c1-19(2)17-33-24(31-27-26(33)28(36)32-29(37)34(27)18-20(3)4)14-15-25(35)30-23-13-9-8-12-22(23)16-21-10-6-5-7-11-21/h5-13,19-20H,14-18H2,1-4H3,(H,30,35)(H,32,36,37). The first-order chi connectivity index (χ1) is 17.7. The number of anilines is 1.